The summed E-state index contributed by atoms with van der Waals surface area (Å²) >= 11 is 0. The smallest absolute Gasteiger partial charge is 0.239 e. The zero-order valence-electron chi connectivity index (χ0n) is 22.7. The predicted octanol–water partition coefficient (Wildman–Crippen LogP) is 7.36. The first kappa shape index (κ1) is 24.0. The molecule has 4 nitrogen and oxygen atoms in total. The molecule has 1 fully saturated rings. The second-order valence-electron chi connectivity index (χ2n) is 11.3. The number of hydrogen-bond donors (Lipinski definition) is 0. The van der Waals surface area contributed by atoms with E-state index in [1.807, 2.05) is 91.1 Å². The highest BCUT2D eigenvalue weighted by molar-refractivity contribution is 6.27. The summed E-state index contributed by atoms with van der Waals surface area (Å²) in [7, 11) is 0. The summed E-state index contributed by atoms with van der Waals surface area (Å²) in [6, 6.07) is 38.6. The first-order chi connectivity index (χ1) is 20.1. The summed E-state index contributed by atoms with van der Waals surface area (Å²) in [5.74, 6) is -1.58. The van der Waals surface area contributed by atoms with Crippen molar-refractivity contribution in [3.8, 4) is 0 Å². The van der Waals surface area contributed by atoms with Crippen LogP contribution in [-0.4, -0.2) is 18.0 Å². The van der Waals surface area contributed by atoms with Crippen LogP contribution in [0.4, 0.5) is 11.4 Å². The quantitative estimate of drug-likeness (QED) is 0.179. The molecule has 4 aliphatic rings. The average Bonchev–Trinajstić information content (AvgIpc) is 3.30. The van der Waals surface area contributed by atoms with Crippen molar-refractivity contribution in [2.45, 2.75) is 24.7 Å². The number of aliphatic imine (C=N–C) groups is 1. The SMILES string of the molecule is CCc1ccccc1N=CC12c3ccccc3C(c3ccccc31)[C@@H]1C(=O)N(c3cccc4ccccc34)C(=O)[C@H]12. The molecule has 3 aliphatic carbocycles. The van der Waals surface area contributed by atoms with Gasteiger partial charge in [0.15, 0.2) is 0 Å². The lowest BCUT2D eigenvalue weighted by Crippen LogP contribution is -2.54. The van der Waals surface area contributed by atoms with Crippen LogP contribution in [0.1, 0.15) is 40.7 Å². The molecule has 2 amide bonds. The summed E-state index contributed by atoms with van der Waals surface area (Å²) in [4.78, 5) is 36.0. The van der Waals surface area contributed by atoms with Crippen molar-refractivity contribution in [2.24, 2.45) is 16.8 Å². The van der Waals surface area contributed by atoms with Gasteiger partial charge in [0.1, 0.15) is 0 Å². The topological polar surface area (TPSA) is 49.7 Å². The van der Waals surface area contributed by atoms with Crippen molar-refractivity contribution in [2.75, 3.05) is 4.90 Å². The molecular formula is C37H28N2O2. The van der Waals surface area contributed by atoms with Gasteiger partial charge in [-0.05, 0) is 51.8 Å². The molecule has 1 saturated heterocycles. The molecule has 2 atom stereocenters. The lowest BCUT2D eigenvalue weighted by molar-refractivity contribution is -0.122. The minimum Gasteiger partial charge on any atom is -0.274 e. The van der Waals surface area contributed by atoms with Crippen molar-refractivity contribution in [3.63, 3.8) is 0 Å². The number of nitrogens with zero attached hydrogens (tertiary/aromatic N) is 2. The Bertz CT molecular complexity index is 1870. The fraction of sp³-hybridized carbons (Fsp3) is 0.162. The molecule has 41 heavy (non-hydrogen) atoms. The average molecular weight is 533 g/mol. The van der Waals surface area contributed by atoms with Crippen LogP contribution in [0.2, 0.25) is 0 Å². The van der Waals surface area contributed by atoms with E-state index in [1.165, 1.54) is 4.90 Å². The molecule has 198 valence electrons. The van der Waals surface area contributed by atoms with Crippen LogP contribution in [-0.2, 0) is 21.4 Å². The second kappa shape index (κ2) is 8.84. The predicted molar refractivity (Wildman–Crippen MR) is 163 cm³/mol. The van der Waals surface area contributed by atoms with E-state index in [0.717, 1.165) is 50.7 Å². The van der Waals surface area contributed by atoms with Crippen molar-refractivity contribution < 1.29 is 9.59 Å². The number of aryl methyl sites for hydroxylation is 1. The van der Waals surface area contributed by atoms with E-state index in [-0.39, 0.29) is 17.7 Å². The highest BCUT2D eigenvalue weighted by atomic mass is 16.2. The molecule has 1 heterocycles. The maximum absolute atomic E-state index is 14.8. The lowest BCUT2D eigenvalue weighted by atomic mass is 9.47. The van der Waals surface area contributed by atoms with E-state index >= 15 is 0 Å². The zero-order valence-corrected chi connectivity index (χ0v) is 22.7. The Morgan fingerprint density at radius 3 is 2.12 bits per heavy atom. The highest BCUT2D eigenvalue weighted by Crippen LogP contribution is 2.64. The van der Waals surface area contributed by atoms with Gasteiger partial charge in [-0.25, -0.2) is 4.90 Å². The van der Waals surface area contributed by atoms with E-state index in [0.29, 0.717) is 5.69 Å². The third-order valence-electron chi connectivity index (χ3n) is 9.47. The number of fused-ring (bicyclic) bond motifs is 1. The zero-order chi connectivity index (χ0) is 27.7. The third kappa shape index (κ3) is 3.13. The number of carbonyl (C=O) groups is 2. The molecule has 0 spiro atoms. The number of anilines is 1. The molecule has 0 saturated carbocycles. The molecule has 0 aromatic heterocycles. The number of rotatable bonds is 4. The van der Waals surface area contributed by atoms with Crippen molar-refractivity contribution in [3.05, 3.63) is 143 Å². The molecule has 5 aromatic carbocycles. The summed E-state index contributed by atoms with van der Waals surface area (Å²) in [6.45, 7) is 2.13. The van der Waals surface area contributed by atoms with Crippen molar-refractivity contribution >= 4 is 40.2 Å². The van der Waals surface area contributed by atoms with Crippen molar-refractivity contribution in [1.82, 2.24) is 0 Å². The van der Waals surface area contributed by atoms with Crippen LogP contribution in [0.5, 0.6) is 0 Å². The Hall–Kier alpha value is -4.83. The van der Waals surface area contributed by atoms with Crippen LogP contribution in [0.15, 0.2) is 120 Å². The molecule has 1 aliphatic heterocycles. The molecule has 2 bridgehead atoms. The highest BCUT2D eigenvalue weighted by Gasteiger charge is 2.68. The summed E-state index contributed by atoms with van der Waals surface area (Å²) in [6.07, 6.45) is 2.85. The monoisotopic (exact) mass is 532 g/mol. The molecule has 0 unspecified atom stereocenters. The maximum atomic E-state index is 14.8. The summed E-state index contributed by atoms with van der Waals surface area (Å²) in [5, 5.41) is 1.90. The van der Waals surface area contributed by atoms with Gasteiger partial charge in [-0.15, -0.1) is 0 Å². The largest absolute Gasteiger partial charge is 0.274 e. The van der Waals surface area contributed by atoms with Gasteiger partial charge in [-0.1, -0.05) is 110 Å². The van der Waals surface area contributed by atoms with Gasteiger partial charge in [-0.3, -0.25) is 14.6 Å². The first-order valence-corrected chi connectivity index (χ1v) is 14.3. The summed E-state index contributed by atoms with van der Waals surface area (Å²) in [5.41, 5.74) is 6.20. The number of carbonyl (C=O) groups excluding carboxylic acids is 2. The van der Waals surface area contributed by atoms with E-state index in [4.69, 9.17) is 4.99 Å². The molecule has 5 aromatic rings. The number of para-hydroxylation sites is 1. The van der Waals surface area contributed by atoms with Gasteiger partial charge in [0.2, 0.25) is 11.8 Å². The molecule has 4 heteroatoms. The molecular weight excluding hydrogens is 504 g/mol. The number of hydrogen-bond acceptors (Lipinski definition) is 3. The van der Waals surface area contributed by atoms with Crippen molar-refractivity contribution in [1.29, 1.82) is 0 Å². The Labute approximate surface area is 239 Å². The number of imide groups is 1. The number of benzene rings is 5. The molecule has 0 N–H and O–H groups in total. The number of amides is 2. The summed E-state index contributed by atoms with van der Waals surface area (Å²) < 4.78 is 0. The Morgan fingerprint density at radius 2 is 1.37 bits per heavy atom. The molecule has 9 rings (SSSR count). The van der Waals surface area contributed by atoms with E-state index < -0.39 is 17.3 Å². The van der Waals surface area contributed by atoms with Crippen LogP contribution in [0.25, 0.3) is 10.8 Å². The standard InChI is InChI=1S/C37H28N2O2/c1-2-23-12-4-10-20-30(23)38-22-37-28-18-8-6-16-26(28)32(27-17-7-9-19-29(27)37)33-34(37)36(41)39(35(33)40)31-21-11-14-24-13-3-5-15-25(24)31/h3-22,32-34H,2H2,1H3/t32?,33-,34-,37?/m0/s1. The minimum absolute atomic E-state index is 0.128. The minimum atomic E-state index is -0.875. The van der Waals surface area contributed by atoms with E-state index in [2.05, 4.69) is 37.3 Å². The normalized spacial score (nSPS) is 24.1. The van der Waals surface area contributed by atoms with Crippen LogP contribution < -0.4 is 4.90 Å². The Balaban J connectivity index is 1.40. The van der Waals surface area contributed by atoms with Gasteiger partial charge in [0, 0.05) is 17.5 Å². The third-order valence-corrected chi connectivity index (χ3v) is 9.47. The Morgan fingerprint density at radius 1 is 0.732 bits per heavy atom. The fourth-order valence-electron chi connectivity index (χ4n) is 7.80. The van der Waals surface area contributed by atoms with Crippen LogP contribution >= 0.6 is 0 Å². The van der Waals surface area contributed by atoms with E-state index in [9.17, 15) is 9.59 Å². The van der Waals surface area contributed by atoms with Gasteiger partial charge in [0.05, 0.1) is 28.6 Å². The van der Waals surface area contributed by atoms with Gasteiger partial charge in [-0.2, -0.15) is 0 Å². The second-order valence-corrected chi connectivity index (χ2v) is 11.3. The van der Waals surface area contributed by atoms with Crippen LogP contribution in [0.3, 0.4) is 0 Å². The molecule has 0 radical (unpaired) electrons. The Kier molecular flexibility index (Phi) is 5.17. The van der Waals surface area contributed by atoms with Gasteiger partial charge < -0.3 is 0 Å². The van der Waals surface area contributed by atoms with Crippen LogP contribution in [0, 0.1) is 11.8 Å². The fourth-order valence-corrected chi connectivity index (χ4v) is 7.80. The van der Waals surface area contributed by atoms with Gasteiger partial charge in [0.25, 0.3) is 0 Å². The lowest BCUT2D eigenvalue weighted by Gasteiger charge is -2.52. The van der Waals surface area contributed by atoms with Gasteiger partial charge >= 0.3 is 0 Å². The van der Waals surface area contributed by atoms with E-state index in [1.54, 1.807) is 0 Å². The first-order valence-electron chi connectivity index (χ1n) is 14.3. The maximum Gasteiger partial charge on any atom is 0.239 e.